The van der Waals surface area contributed by atoms with Crippen molar-refractivity contribution in [2.75, 3.05) is 33.4 Å². The van der Waals surface area contributed by atoms with Crippen LogP contribution in [0.5, 0.6) is 11.5 Å². The van der Waals surface area contributed by atoms with Crippen LogP contribution in [0.15, 0.2) is 24.3 Å². The van der Waals surface area contributed by atoms with Gasteiger partial charge in [-0.3, -0.25) is 0 Å². The highest BCUT2D eigenvalue weighted by atomic mass is 16.5. The maximum Gasteiger partial charge on any atom is 0.161 e. The lowest BCUT2D eigenvalue weighted by molar-refractivity contribution is 0.225. The molecule has 0 bridgehead atoms. The van der Waals surface area contributed by atoms with Crippen LogP contribution in [0.2, 0.25) is 0 Å². The Kier molecular flexibility index (Phi) is 9.71. The van der Waals surface area contributed by atoms with Crippen LogP contribution in [0.1, 0.15) is 46.0 Å². The number of nitrogens with zero attached hydrogens (tertiary/aromatic N) is 1. The minimum absolute atomic E-state index is 0.745. The second kappa shape index (κ2) is 11.4. The van der Waals surface area contributed by atoms with E-state index in [1.54, 1.807) is 7.11 Å². The second-order valence-electron chi connectivity index (χ2n) is 5.40. The summed E-state index contributed by atoms with van der Waals surface area (Å²) in [5.74, 6) is 1.65. The molecule has 0 aliphatic carbocycles. The van der Waals surface area contributed by atoms with Gasteiger partial charge < -0.3 is 14.4 Å². The third kappa shape index (κ3) is 7.37. The van der Waals surface area contributed by atoms with E-state index >= 15 is 0 Å². The molecule has 0 spiro atoms. The van der Waals surface area contributed by atoms with Crippen LogP contribution in [0, 0.1) is 0 Å². The standard InChI is InChI=1S/C18H31NO2/c1-4-6-13-19(14-7-5-2)15-10-16-21-18-12-9-8-11-17(18)20-3/h8-9,11-12H,4-7,10,13-16H2,1-3H3. The molecule has 21 heavy (non-hydrogen) atoms. The third-order valence-electron chi connectivity index (χ3n) is 3.60. The smallest absolute Gasteiger partial charge is 0.161 e. The van der Waals surface area contributed by atoms with E-state index in [1.807, 2.05) is 24.3 Å². The molecule has 1 aromatic rings. The van der Waals surface area contributed by atoms with Gasteiger partial charge in [-0.2, -0.15) is 0 Å². The number of hydrogen-bond donors (Lipinski definition) is 0. The average molecular weight is 293 g/mol. The monoisotopic (exact) mass is 293 g/mol. The Hall–Kier alpha value is -1.22. The molecule has 0 N–H and O–H groups in total. The van der Waals surface area contributed by atoms with Gasteiger partial charge in [-0.1, -0.05) is 38.8 Å². The van der Waals surface area contributed by atoms with E-state index in [4.69, 9.17) is 9.47 Å². The number of benzene rings is 1. The van der Waals surface area contributed by atoms with Crippen LogP contribution in [-0.2, 0) is 0 Å². The summed E-state index contributed by atoms with van der Waals surface area (Å²) < 4.78 is 11.1. The first kappa shape index (κ1) is 17.8. The summed E-state index contributed by atoms with van der Waals surface area (Å²) in [4.78, 5) is 2.57. The zero-order valence-electron chi connectivity index (χ0n) is 13.9. The minimum Gasteiger partial charge on any atom is -0.493 e. The highest BCUT2D eigenvalue weighted by molar-refractivity contribution is 5.39. The first-order valence-corrected chi connectivity index (χ1v) is 8.30. The molecule has 3 heteroatoms. The largest absolute Gasteiger partial charge is 0.493 e. The quantitative estimate of drug-likeness (QED) is 0.534. The summed E-state index contributed by atoms with van der Waals surface area (Å²) >= 11 is 0. The molecule has 0 aliphatic heterocycles. The van der Waals surface area contributed by atoms with Crippen molar-refractivity contribution in [3.8, 4) is 11.5 Å². The first-order valence-electron chi connectivity index (χ1n) is 8.30. The molecule has 0 aromatic heterocycles. The second-order valence-corrected chi connectivity index (χ2v) is 5.40. The maximum atomic E-state index is 5.84. The van der Waals surface area contributed by atoms with Gasteiger partial charge in [0.2, 0.25) is 0 Å². The predicted octanol–water partition coefficient (Wildman–Crippen LogP) is 4.37. The molecular formula is C18H31NO2. The Morgan fingerprint density at radius 1 is 0.857 bits per heavy atom. The topological polar surface area (TPSA) is 21.7 Å². The van der Waals surface area contributed by atoms with Gasteiger partial charge in [0.1, 0.15) is 0 Å². The van der Waals surface area contributed by atoms with Crippen molar-refractivity contribution in [1.82, 2.24) is 4.90 Å². The van der Waals surface area contributed by atoms with Crippen molar-refractivity contribution in [3.63, 3.8) is 0 Å². The van der Waals surface area contributed by atoms with Gasteiger partial charge in [0.25, 0.3) is 0 Å². The molecule has 0 saturated heterocycles. The molecule has 0 amide bonds. The highest BCUT2D eigenvalue weighted by Crippen LogP contribution is 2.25. The fourth-order valence-corrected chi connectivity index (χ4v) is 2.31. The van der Waals surface area contributed by atoms with Crippen LogP contribution in [0.3, 0.4) is 0 Å². The lowest BCUT2D eigenvalue weighted by atomic mass is 10.2. The number of methoxy groups -OCH3 is 1. The summed E-state index contributed by atoms with van der Waals surface area (Å²) in [7, 11) is 1.68. The molecule has 0 radical (unpaired) electrons. The molecular weight excluding hydrogens is 262 g/mol. The average Bonchev–Trinajstić information content (AvgIpc) is 2.53. The number of rotatable bonds is 12. The molecule has 1 rings (SSSR count). The van der Waals surface area contributed by atoms with Crippen LogP contribution >= 0.6 is 0 Å². The van der Waals surface area contributed by atoms with Gasteiger partial charge in [-0.05, 0) is 44.5 Å². The van der Waals surface area contributed by atoms with Crippen molar-refractivity contribution < 1.29 is 9.47 Å². The number of unbranched alkanes of at least 4 members (excludes halogenated alkanes) is 2. The molecule has 0 atom stereocenters. The number of hydrogen-bond acceptors (Lipinski definition) is 3. The minimum atomic E-state index is 0.745. The van der Waals surface area contributed by atoms with Gasteiger partial charge in [0.15, 0.2) is 11.5 Å². The Morgan fingerprint density at radius 3 is 2.00 bits per heavy atom. The van der Waals surface area contributed by atoms with E-state index in [1.165, 1.54) is 38.8 Å². The van der Waals surface area contributed by atoms with E-state index < -0.39 is 0 Å². The summed E-state index contributed by atoms with van der Waals surface area (Å²) in [5, 5.41) is 0. The van der Waals surface area contributed by atoms with E-state index in [0.29, 0.717) is 0 Å². The zero-order chi connectivity index (χ0) is 15.3. The summed E-state index contributed by atoms with van der Waals surface area (Å²) in [5.41, 5.74) is 0. The fourth-order valence-electron chi connectivity index (χ4n) is 2.31. The first-order chi connectivity index (χ1) is 10.3. The van der Waals surface area contributed by atoms with Gasteiger partial charge in [0, 0.05) is 6.54 Å². The maximum absolute atomic E-state index is 5.84. The van der Waals surface area contributed by atoms with Gasteiger partial charge in [-0.15, -0.1) is 0 Å². The van der Waals surface area contributed by atoms with Crippen molar-refractivity contribution in [2.45, 2.75) is 46.0 Å². The summed E-state index contributed by atoms with van der Waals surface area (Å²) in [6.07, 6.45) is 6.17. The van der Waals surface area contributed by atoms with Crippen LogP contribution < -0.4 is 9.47 Å². The van der Waals surface area contributed by atoms with E-state index in [2.05, 4.69) is 18.7 Å². The number of ether oxygens (including phenoxy) is 2. The van der Waals surface area contributed by atoms with Crippen molar-refractivity contribution >= 4 is 0 Å². The zero-order valence-corrected chi connectivity index (χ0v) is 13.9. The predicted molar refractivity (Wildman–Crippen MR) is 89.4 cm³/mol. The highest BCUT2D eigenvalue weighted by Gasteiger charge is 2.05. The van der Waals surface area contributed by atoms with Crippen LogP contribution in [0.25, 0.3) is 0 Å². The molecule has 0 heterocycles. The molecule has 0 unspecified atom stereocenters. The Labute approximate surface area is 130 Å². The fraction of sp³-hybridized carbons (Fsp3) is 0.667. The van der Waals surface area contributed by atoms with Crippen molar-refractivity contribution in [2.24, 2.45) is 0 Å². The molecule has 120 valence electrons. The third-order valence-corrected chi connectivity index (χ3v) is 3.60. The van der Waals surface area contributed by atoms with E-state index in [9.17, 15) is 0 Å². The molecule has 0 aliphatic rings. The van der Waals surface area contributed by atoms with Gasteiger partial charge >= 0.3 is 0 Å². The van der Waals surface area contributed by atoms with Crippen molar-refractivity contribution in [1.29, 1.82) is 0 Å². The van der Waals surface area contributed by atoms with Gasteiger partial charge in [-0.25, -0.2) is 0 Å². The molecule has 0 fully saturated rings. The van der Waals surface area contributed by atoms with Crippen molar-refractivity contribution in [3.05, 3.63) is 24.3 Å². The Bertz CT molecular complexity index is 360. The van der Waals surface area contributed by atoms with Crippen LogP contribution in [-0.4, -0.2) is 38.3 Å². The SMILES string of the molecule is CCCCN(CCCC)CCCOc1ccccc1OC. The van der Waals surface area contributed by atoms with E-state index in [-0.39, 0.29) is 0 Å². The lowest BCUT2D eigenvalue weighted by Gasteiger charge is -2.22. The number of para-hydroxylation sites is 2. The molecule has 1 aromatic carbocycles. The summed E-state index contributed by atoms with van der Waals surface area (Å²) in [6, 6.07) is 7.84. The summed E-state index contributed by atoms with van der Waals surface area (Å²) in [6.45, 7) is 8.80. The molecule has 3 nitrogen and oxygen atoms in total. The Balaban J connectivity index is 2.29. The Morgan fingerprint density at radius 2 is 1.43 bits per heavy atom. The lowest BCUT2D eigenvalue weighted by Crippen LogP contribution is -2.28. The van der Waals surface area contributed by atoms with Gasteiger partial charge in [0.05, 0.1) is 13.7 Å². The van der Waals surface area contributed by atoms with E-state index in [0.717, 1.165) is 31.1 Å². The van der Waals surface area contributed by atoms with Crippen LogP contribution in [0.4, 0.5) is 0 Å². The molecule has 0 saturated carbocycles. The normalized spacial score (nSPS) is 10.9.